The third kappa shape index (κ3) is 1.24. The minimum Gasteiger partial charge on any atom is -0.465 e. The van der Waals surface area contributed by atoms with Crippen molar-refractivity contribution < 1.29 is 14.7 Å². The van der Waals surface area contributed by atoms with E-state index in [4.69, 9.17) is 5.11 Å². The summed E-state index contributed by atoms with van der Waals surface area (Å²) in [6.07, 6.45) is 1.37. The lowest BCUT2D eigenvalue weighted by molar-refractivity contribution is -0.133. The quantitative estimate of drug-likeness (QED) is 0.549. The lowest BCUT2D eigenvalue weighted by Crippen LogP contribution is -2.41. The number of nitrogens with zero attached hydrogens (tertiary/aromatic N) is 1. The summed E-state index contributed by atoms with van der Waals surface area (Å²) in [6, 6.07) is -0.0978. The van der Waals surface area contributed by atoms with Crippen LogP contribution in [-0.4, -0.2) is 32.0 Å². The van der Waals surface area contributed by atoms with Gasteiger partial charge in [-0.1, -0.05) is 29.5 Å². The lowest BCUT2D eigenvalue weighted by atomic mass is 9.77. The predicted octanol–water partition coefficient (Wildman–Crippen LogP) is 1.87. The summed E-state index contributed by atoms with van der Waals surface area (Å²) >= 11 is 2.25. The fourth-order valence-corrected chi connectivity index (χ4v) is 3.35. The highest BCUT2D eigenvalue weighted by Crippen LogP contribution is 2.48. The van der Waals surface area contributed by atoms with Crippen molar-refractivity contribution in [2.24, 2.45) is 5.41 Å². The van der Waals surface area contributed by atoms with Crippen LogP contribution in [0.2, 0.25) is 0 Å². The summed E-state index contributed by atoms with van der Waals surface area (Å²) in [5.74, 6) is -0.200. The van der Waals surface area contributed by atoms with Crippen LogP contribution in [-0.2, 0) is 4.79 Å². The van der Waals surface area contributed by atoms with E-state index in [-0.39, 0.29) is 15.9 Å². The number of carbonyl (C=O) groups is 2. The van der Waals surface area contributed by atoms with Crippen molar-refractivity contribution in [2.45, 2.75) is 36.2 Å². The largest absolute Gasteiger partial charge is 0.465 e. The standard InChI is InChI=1S/C9H12INO3/c1-9-3-2-5(10)6(4-9)11(7(9)12)8(13)14/h5-6H,2-4H2,1H3,(H,13,14). The molecule has 3 unspecified atom stereocenters. The van der Waals surface area contributed by atoms with Gasteiger partial charge in [0.05, 0.1) is 6.04 Å². The molecule has 2 bridgehead atoms. The van der Waals surface area contributed by atoms with E-state index in [0.29, 0.717) is 6.42 Å². The molecule has 5 heteroatoms. The van der Waals surface area contributed by atoms with Crippen molar-refractivity contribution in [3.63, 3.8) is 0 Å². The van der Waals surface area contributed by atoms with Crippen LogP contribution in [0.15, 0.2) is 0 Å². The molecule has 78 valence electrons. The molecule has 0 spiro atoms. The molecule has 1 aliphatic heterocycles. The highest BCUT2D eigenvalue weighted by Gasteiger charge is 2.55. The lowest BCUT2D eigenvalue weighted by Gasteiger charge is -2.29. The Morgan fingerprint density at radius 2 is 2.36 bits per heavy atom. The van der Waals surface area contributed by atoms with E-state index in [1.807, 2.05) is 6.92 Å². The molecular weight excluding hydrogens is 297 g/mol. The Labute approximate surface area is 95.8 Å². The van der Waals surface area contributed by atoms with Gasteiger partial charge in [0, 0.05) is 9.34 Å². The van der Waals surface area contributed by atoms with E-state index in [2.05, 4.69) is 22.6 Å². The predicted molar refractivity (Wildman–Crippen MR) is 58.4 cm³/mol. The number of imide groups is 1. The highest BCUT2D eigenvalue weighted by atomic mass is 127. The number of halogens is 1. The third-order valence-electron chi connectivity index (χ3n) is 3.32. The monoisotopic (exact) mass is 309 g/mol. The average Bonchev–Trinajstić information content (AvgIpc) is 2.31. The van der Waals surface area contributed by atoms with E-state index in [1.165, 1.54) is 0 Å². The summed E-state index contributed by atoms with van der Waals surface area (Å²) in [5.41, 5.74) is -0.412. The van der Waals surface area contributed by atoms with Gasteiger partial charge in [-0.15, -0.1) is 0 Å². The topological polar surface area (TPSA) is 57.6 Å². The molecule has 0 radical (unpaired) electrons. The molecule has 1 saturated heterocycles. The first-order chi connectivity index (χ1) is 6.46. The van der Waals surface area contributed by atoms with Crippen LogP contribution in [0.4, 0.5) is 4.79 Å². The number of amides is 2. The van der Waals surface area contributed by atoms with E-state index in [1.54, 1.807) is 0 Å². The molecule has 1 heterocycles. The van der Waals surface area contributed by atoms with Crippen molar-refractivity contribution in [3.05, 3.63) is 0 Å². The van der Waals surface area contributed by atoms with Gasteiger partial charge in [-0.05, 0) is 19.3 Å². The SMILES string of the molecule is CC12CCC(I)C(C1)N(C(=O)O)C2=O. The molecule has 0 aromatic heterocycles. The van der Waals surface area contributed by atoms with Crippen LogP contribution in [0, 0.1) is 5.41 Å². The van der Waals surface area contributed by atoms with E-state index in [0.717, 1.165) is 17.7 Å². The number of likely N-dealkylation sites (tertiary alicyclic amines) is 1. The summed E-state index contributed by atoms with van der Waals surface area (Å²) in [7, 11) is 0. The number of carbonyl (C=O) groups excluding carboxylic acids is 1. The van der Waals surface area contributed by atoms with E-state index in [9.17, 15) is 9.59 Å². The Balaban J connectivity index is 2.36. The van der Waals surface area contributed by atoms with Crippen LogP contribution in [0.25, 0.3) is 0 Å². The third-order valence-corrected chi connectivity index (χ3v) is 4.77. The molecule has 3 atom stereocenters. The normalized spacial score (nSPS) is 41.6. The molecule has 2 fully saturated rings. The second-order valence-corrected chi connectivity index (χ2v) is 5.94. The average molecular weight is 309 g/mol. The fourth-order valence-electron chi connectivity index (χ4n) is 2.46. The van der Waals surface area contributed by atoms with Crippen LogP contribution < -0.4 is 0 Å². The smallest absolute Gasteiger partial charge is 0.414 e. The zero-order valence-electron chi connectivity index (χ0n) is 7.86. The van der Waals surface area contributed by atoms with Gasteiger partial charge in [0.15, 0.2) is 0 Å². The number of hydrogen-bond donors (Lipinski definition) is 1. The zero-order chi connectivity index (χ0) is 10.5. The van der Waals surface area contributed by atoms with Crippen molar-refractivity contribution in [1.29, 1.82) is 0 Å². The summed E-state index contributed by atoms with van der Waals surface area (Å²) in [4.78, 5) is 23.8. The first-order valence-corrected chi connectivity index (χ1v) is 5.91. The second-order valence-electron chi connectivity index (χ2n) is 4.34. The van der Waals surface area contributed by atoms with Crippen LogP contribution in [0.1, 0.15) is 26.2 Å². The van der Waals surface area contributed by atoms with Gasteiger partial charge in [0.25, 0.3) is 0 Å². The zero-order valence-corrected chi connectivity index (χ0v) is 10.0. The van der Waals surface area contributed by atoms with Gasteiger partial charge in [-0.25, -0.2) is 9.69 Å². The highest BCUT2D eigenvalue weighted by molar-refractivity contribution is 14.1. The van der Waals surface area contributed by atoms with Crippen LogP contribution in [0.3, 0.4) is 0 Å². The van der Waals surface area contributed by atoms with Crippen molar-refractivity contribution >= 4 is 34.6 Å². The minimum absolute atomic E-state index is 0.0978. The van der Waals surface area contributed by atoms with Gasteiger partial charge >= 0.3 is 6.09 Å². The van der Waals surface area contributed by atoms with Gasteiger partial charge in [-0.3, -0.25) is 4.79 Å². The summed E-state index contributed by atoms with van der Waals surface area (Å²) in [5, 5.41) is 8.96. The number of fused-ring (bicyclic) bond motifs is 2. The Morgan fingerprint density at radius 1 is 1.71 bits per heavy atom. The van der Waals surface area contributed by atoms with Gasteiger partial charge < -0.3 is 5.11 Å². The van der Waals surface area contributed by atoms with Gasteiger partial charge in [0.2, 0.25) is 5.91 Å². The first kappa shape index (κ1) is 10.2. The number of hydrogen-bond acceptors (Lipinski definition) is 2. The number of rotatable bonds is 0. The maximum absolute atomic E-state index is 11.8. The van der Waals surface area contributed by atoms with Crippen LogP contribution in [0.5, 0.6) is 0 Å². The molecule has 2 amide bonds. The first-order valence-electron chi connectivity index (χ1n) is 4.66. The maximum atomic E-state index is 11.8. The molecular formula is C9H12INO3. The van der Waals surface area contributed by atoms with Crippen LogP contribution >= 0.6 is 22.6 Å². The molecule has 4 nitrogen and oxygen atoms in total. The Morgan fingerprint density at radius 3 is 2.93 bits per heavy atom. The molecule has 2 rings (SSSR count). The summed E-state index contributed by atoms with van der Waals surface area (Å²) in [6.45, 7) is 1.88. The number of alkyl halides is 1. The molecule has 0 aromatic rings. The van der Waals surface area contributed by atoms with Crippen molar-refractivity contribution in [1.82, 2.24) is 4.90 Å². The Bertz CT molecular complexity index is 306. The van der Waals surface area contributed by atoms with Gasteiger partial charge in [-0.2, -0.15) is 0 Å². The molecule has 1 N–H and O–H groups in total. The molecule has 14 heavy (non-hydrogen) atoms. The molecule has 0 aromatic carbocycles. The molecule has 1 aliphatic carbocycles. The van der Waals surface area contributed by atoms with Gasteiger partial charge in [0.1, 0.15) is 0 Å². The van der Waals surface area contributed by atoms with E-state index >= 15 is 0 Å². The number of carboxylic acid groups (broad SMARTS) is 1. The fraction of sp³-hybridized carbons (Fsp3) is 0.778. The van der Waals surface area contributed by atoms with Crippen molar-refractivity contribution in [3.8, 4) is 0 Å². The van der Waals surface area contributed by atoms with E-state index < -0.39 is 11.5 Å². The Hall–Kier alpha value is -0.330. The maximum Gasteiger partial charge on any atom is 0.414 e. The summed E-state index contributed by atoms with van der Waals surface area (Å²) < 4.78 is 0.281. The molecule has 1 saturated carbocycles. The molecule has 2 aliphatic rings. The van der Waals surface area contributed by atoms with Crippen molar-refractivity contribution in [2.75, 3.05) is 0 Å². The Kier molecular flexibility index (Phi) is 2.24. The minimum atomic E-state index is -1.09. The second kappa shape index (κ2) is 3.08.